The fourth-order valence-corrected chi connectivity index (χ4v) is 1.95. The van der Waals surface area contributed by atoms with Gasteiger partial charge in [-0.2, -0.15) is 0 Å². The Morgan fingerprint density at radius 3 is 2.89 bits per heavy atom. The lowest BCUT2D eigenvalue weighted by molar-refractivity contribution is -0.150. The second kappa shape index (κ2) is 5.04. The zero-order chi connectivity index (χ0) is 14.0. The van der Waals surface area contributed by atoms with Crippen molar-refractivity contribution in [2.24, 2.45) is 0 Å². The number of carbonyl (C=O) groups is 3. The molecule has 0 saturated carbocycles. The number of aromatic nitrogens is 3. The zero-order valence-electron chi connectivity index (χ0n) is 10.4. The second-order valence-corrected chi connectivity index (χ2v) is 4.16. The van der Waals surface area contributed by atoms with Gasteiger partial charge in [0.2, 0.25) is 23.7 Å². The molecule has 1 saturated heterocycles. The molecule has 2 heterocycles. The van der Waals surface area contributed by atoms with Crippen LogP contribution in [0.5, 0.6) is 0 Å². The Labute approximate surface area is 108 Å². The van der Waals surface area contributed by atoms with Gasteiger partial charge in [0.25, 0.3) is 0 Å². The molecule has 0 spiro atoms. The Bertz CT molecular complexity index is 525. The molecule has 1 fully saturated rings. The second-order valence-electron chi connectivity index (χ2n) is 4.16. The molecule has 102 valence electrons. The van der Waals surface area contributed by atoms with E-state index in [-0.39, 0.29) is 24.9 Å². The fraction of sp³-hybridized carbons (Fsp3) is 0.500. The molecule has 0 aromatic carbocycles. The average molecular weight is 266 g/mol. The van der Waals surface area contributed by atoms with Gasteiger partial charge in [0.05, 0.1) is 0 Å². The molecule has 1 aromatic heterocycles. The average Bonchev–Trinajstić information content (AvgIpc) is 2.73. The number of rotatable bonds is 3. The van der Waals surface area contributed by atoms with Gasteiger partial charge in [0.1, 0.15) is 25.5 Å². The van der Waals surface area contributed by atoms with Crippen LogP contribution in [0, 0.1) is 0 Å². The summed E-state index contributed by atoms with van der Waals surface area (Å²) in [7, 11) is 0. The van der Waals surface area contributed by atoms with Crippen LogP contribution in [-0.2, 0) is 20.9 Å². The molecule has 3 amide bonds. The minimum Gasteiger partial charge on any atom is -0.367 e. The maximum absolute atomic E-state index is 12.1. The van der Waals surface area contributed by atoms with Crippen LogP contribution >= 0.6 is 0 Å². The summed E-state index contributed by atoms with van der Waals surface area (Å²) in [6.45, 7) is 1.53. The number of imide groups is 1. The van der Waals surface area contributed by atoms with E-state index in [1.54, 1.807) is 6.92 Å². The van der Waals surface area contributed by atoms with Crippen LogP contribution in [0.3, 0.4) is 0 Å². The van der Waals surface area contributed by atoms with Crippen molar-refractivity contribution < 1.29 is 14.4 Å². The van der Waals surface area contributed by atoms with Gasteiger partial charge in [-0.3, -0.25) is 19.7 Å². The van der Waals surface area contributed by atoms with Gasteiger partial charge < -0.3 is 10.6 Å². The zero-order valence-corrected chi connectivity index (χ0v) is 10.4. The van der Waals surface area contributed by atoms with Crippen molar-refractivity contribution in [3.63, 3.8) is 0 Å². The molecule has 1 aliphatic rings. The van der Waals surface area contributed by atoms with Crippen LogP contribution in [0.25, 0.3) is 0 Å². The summed E-state index contributed by atoms with van der Waals surface area (Å²) in [6, 6.07) is -0.633. The van der Waals surface area contributed by atoms with E-state index in [0.29, 0.717) is 6.42 Å². The number of nitrogens with one attached hydrogen (secondary N) is 1. The monoisotopic (exact) mass is 266 g/mol. The first-order chi connectivity index (χ1) is 9.01. The molecule has 1 atom stereocenters. The van der Waals surface area contributed by atoms with E-state index in [9.17, 15) is 14.4 Å². The number of amides is 3. The van der Waals surface area contributed by atoms with Crippen LogP contribution in [0.1, 0.15) is 13.3 Å². The minimum absolute atomic E-state index is 0.0623. The molecule has 19 heavy (non-hydrogen) atoms. The maximum Gasteiger partial charge on any atom is 0.249 e. The van der Waals surface area contributed by atoms with Crippen molar-refractivity contribution in [3.8, 4) is 0 Å². The molecular weight excluding hydrogens is 252 g/mol. The quantitative estimate of drug-likeness (QED) is 0.617. The summed E-state index contributed by atoms with van der Waals surface area (Å²) >= 11 is 0. The van der Waals surface area contributed by atoms with E-state index in [4.69, 9.17) is 5.73 Å². The molecule has 0 radical (unpaired) electrons. The van der Waals surface area contributed by atoms with Gasteiger partial charge >= 0.3 is 0 Å². The highest BCUT2D eigenvalue weighted by atomic mass is 16.2. The first kappa shape index (κ1) is 13.0. The predicted octanol–water partition coefficient (Wildman–Crippen LogP) is -1.88. The molecule has 1 unspecified atom stereocenters. The fourth-order valence-electron chi connectivity index (χ4n) is 1.95. The van der Waals surface area contributed by atoms with Crippen molar-refractivity contribution in [2.45, 2.75) is 25.9 Å². The summed E-state index contributed by atoms with van der Waals surface area (Å²) < 4.78 is 1.27. The Kier molecular flexibility index (Phi) is 3.45. The van der Waals surface area contributed by atoms with Crippen molar-refractivity contribution in [1.82, 2.24) is 25.0 Å². The molecule has 9 nitrogen and oxygen atoms in total. The summed E-state index contributed by atoms with van der Waals surface area (Å²) in [5, 5.41) is 5.99. The van der Waals surface area contributed by atoms with Gasteiger partial charge in [0, 0.05) is 0 Å². The van der Waals surface area contributed by atoms with E-state index in [2.05, 4.69) is 15.4 Å². The Morgan fingerprint density at radius 1 is 1.58 bits per heavy atom. The standard InChI is InChI=1S/C10H14N6O3/c1-2-6-9(19)13-7(17)3-16(6)8(18)4-15-5-12-10(11)14-15/h5-6H,2-4H2,1H3,(H2,11,14)(H,13,17,19). The van der Waals surface area contributed by atoms with Crippen molar-refractivity contribution in [3.05, 3.63) is 6.33 Å². The topological polar surface area (TPSA) is 123 Å². The first-order valence-electron chi connectivity index (χ1n) is 5.79. The summed E-state index contributed by atoms with van der Waals surface area (Å²) in [4.78, 5) is 40.0. The molecule has 0 aliphatic carbocycles. The van der Waals surface area contributed by atoms with E-state index < -0.39 is 17.9 Å². The van der Waals surface area contributed by atoms with Crippen LogP contribution in [0.4, 0.5) is 5.95 Å². The van der Waals surface area contributed by atoms with Crippen LogP contribution in [0.2, 0.25) is 0 Å². The number of piperazine rings is 1. The Balaban J connectivity index is 2.11. The lowest BCUT2D eigenvalue weighted by Gasteiger charge is -2.33. The van der Waals surface area contributed by atoms with Gasteiger partial charge in [-0.25, -0.2) is 9.67 Å². The van der Waals surface area contributed by atoms with Crippen molar-refractivity contribution in [1.29, 1.82) is 0 Å². The number of hydrogen-bond donors (Lipinski definition) is 2. The maximum atomic E-state index is 12.1. The molecule has 0 bridgehead atoms. The summed E-state index contributed by atoms with van der Waals surface area (Å²) in [6.07, 6.45) is 1.75. The van der Waals surface area contributed by atoms with Gasteiger partial charge in [-0.1, -0.05) is 6.92 Å². The largest absolute Gasteiger partial charge is 0.367 e. The Hall–Kier alpha value is -2.45. The van der Waals surface area contributed by atoms with E-state index in [1.807, 2.05) is 0 Å². The Morgan fingerprint density at radius 2 is 2.32 bits per heavy atom. The van der Waals surface area contributed by atoms with Crippen molar-refractivity contribution >= 4 is 23.7 Å². The SMILES string of the molecule is CCC1C(=O)NC(=O)CN1C(=O)Cn1cnc(N)n1. The van der Waals surface area contributed by atoms with E-state index in [0.717, 1.165) is 0 Å². The number of hydrogen-bond acceptors (Lipinski definition) is 6. The lowest BCUT2D eigenvalue weighted by atomic mass is 10.1. The van der Waals surface area contributed by atoms with Crippen molar-refractivity contribution in [2.75, 3.05) is 12.3 Å². The summed E-state index contributed by atoms with van der Waals surface area (Å²) in [5.41, 5.74) is 5.34. The van der Waals surface area contributed by atoms with Gasteiger partial charge in [-0.05, 0) is 6.42 Å². The van der Waals surface area contributed by atoms with E-state index >= 15 is 0 Å². The van der Waals surface area contributed by atoms with E-state index in [1.165, 1.54) is 15.9 Å². The third-order valence-electron chi connectivity index (χ3n) is 2.81. The number of nitrogens with two attached hydrogens (primary N) is 1. The molecular formula is C10H14N6O3. The minimum atomic E-state index is -0.633. The molecule has 3 N–H and O–H groups in total. The number of carbonyl (C=O) groups excluding carboxylic acids is 3. The molecule has 2 rings (SSSR count). The smallest absolute Gasteiger partial charge is 0.249 e. The van der Waals surface area contributed by atoms with Gasteiger partial charge in [0.15, 0.2) is 0 Å². The van der Waals surface area contributed by atoms with Crippen LogP contribution in [0.15, 0.2) is 6.33 Å². The third-order valence-corrected chi connectivity index (χ3v) is 2.81. The molecule has 9 heteroatoms. The molecule has 1 aromatic rings. The highest BCUT2D eigenvalue weighted by Crippen LogP contribution is 2.10. The normalized spacial score (nSPS) is 19.4. The number of nitrogens with zero attached hydrogens (tertiary/aromatic N) is 4. The predicted molar refractivity (Wildman–Crippen MR) is 63.4 cm³/mol. The highest BCUT2D eigenvalue weighted by Gasteiger charge is 2.35. The third kappa shape index (κ3) is 2.69. The lowest BCUT2D eigenvalue weighted by Crippen LogP contribution is -2.60. The molecule has 1 aliphatic heterocycles. The number of nitrogen functional groups attached to an aromatic ring is 1. The highest BCUT2D eigenvalue weighted by molar-refractivity contribution is 6.04. The van der Waals surface area contributed by atoms with Crippen LogP contribution in [-0.4, -0.2) is 50.0 Å². The first-order valence-corrected chi connectivity index (χ1v) is 5.79. The van der Waals surface area contributed by atoms with Crippen LogP contribution < -0.4 is 11.1 Å². The van der Waals surface area contributed by atoms with Gasteiger partial charge in [-0.15, -0.1) is 5.10 Å². The number of anilines is 1. The summed E-state index contributed by atoms with van der Waals surface area (Å²) in [5.74, 6) is -1.25.